The summed E-state index contributed by atoms with van der Waals surface area (Å²) in [5, 5.41) is 11.6. The molecule has 3 aromatic carbocycles. The summed E-state index contributed by atoms with van der Waals surface area (Å²) in [6, 6.07) is 24.1. The van der Waals surface area contributed by atoms with Crippen molar-refractivity contribution in [2.45, 2.75) is 6.04 Å². The largest absolute Gasteiger partial charge is 0.503 e. The number of carbonyl (C=O) groups excluding carboxylic acids is 2. The molecule has 1 unspecified atom stereocenters. The van der Waals surface area contributed by atoms with Crippen molar-refractivity contribution in [1.82, 2.24) is 0 Å². The maximum atomic E-state index is 13.6. The van der Waals surface area contributed by atoms with Crippen LogP contribution in [0, 0.1) is 0 Å². The standard InChI is InChI=1S/C26H19NO5/c1-31-20-14-8-6-12-18(20)27-23(16-9-3-2-4-10-16)22(25(29)26(27)30)24(28)21-15-17-11-5-7-13-19(17)32-21/h2-15,23,29H,1H3. The van der Waals surface area contributed by atoms with E-state index >= 15 is 0 Å². The van der Waals surface area contributed by atoms with Gasteiger partial charge >= 0.3 is 0 Å². The maximum absolute atomic E-state index is 13.6. The normalized spacial score (nSPS) is 16.1. The number of anilines is 1. The number of hydrogen-bond acceptors (Lipinski definition) is 5. The monoisotopic (exact) mass is 425 g/mol. The van der Waals surface area contributed by atoms with Gasteiger partial charge in [-0.05, 0) is 29.8 Å². The second-order valence-corrected chi connectivity index (χ2v) is 7.40. The van der Waals surface area contributed by atoms with Crippen LogP contribution in [0.5, 0.6) is 5.75 Å². The van der Waals surface area contributed by atoms with Crippen molar-refractivity contribution >= 4 is 28.3 Å². The van der Waals surface area contributed by atoms with Gasteiger partial charge in [-0.1, -0.05) is 60.7 Å². The molecule has 32 heavy (non-hydrogen) atoms. The van der Waals surface area contributed by atoms with Crippen molar-refractivity contribution in [1.29, 1.82) is 0 Å². The molecule has 1 aromatic heterocycles. The van der Waals surface area contributed by atoms with Crippen molar-refractivity contribution < 1.29 is 23.8 Å². The SMILES string of the molecule is COc1ccccc1N1C(=O)C(O)=C(C(=O)c2cc3ccccc3o2)C1c1ccccc1. The highest BCUT2D eigenvalue weighted by molar-refractivity contribution is 6.21. The lowest BCUT2D eigenvalue weighted by molar-refractivity contribution is -0.117. The molecule has 5 rings (SSSR count). The number of aliphatic hydroxyl groups excluding tert-OH is 1. The van der Waals surface area contributed by atoms with Gasteiger partial charge in [-0.3, -0.25) is 14.5 Å². The van der Waals surface area contributed by atoms with Crippen molar-refractivity contribution in [2.24, 2.45) is 0 Å². The van der Waals surface area contributed by atoms with Crippen molar-refractivity contribution in [3.05, 3.63) is 108 Å². The fourth-order valence-corrected chi connectivity index (χ4v) is 4.09. The second kappa shape index (κ2) is 7.74. The fraction of sp³-hybridized carbons (Fsp3) is 0.0769. The third-order valence-electron chi connectivity index (χ3n) is 5.56. The Labute approximate surface area is 184 Å². The van der Waals surface area contributed by atoms with E-state index in [0.29, 0.717) is 22.6 Å². The van der Waals surface area contributed by atoms with Gasteiger partial charge in [0.05, 0.1) is 24.4 Å². The molecule has 0 aliphatic carbocycles. The van der Waals surface area contributed by atoms with Crippen LogP contribution in [-0.4, -0.2) is 23.9 Å². The van der Waals surface area contributed by atoms with Crippen molar-refractivity contribution in [3.8, 4) is 5.75 Å². The highest BCUT2D eigenvalue weighted by atomic mass is 16.5. The van der Waals surface area contributed by atoms with Gasteiger partial charge in [0, 0.05) is 5.39 Å². The zero-order valence-corrected chi connectivity index (χ0v) is 17.2. The van der Waals surface area contributed by atoms with Crippen LogP contribution in [-0.2, 0) is 4.79 Å². The lowest BCUT2D eigenvalue weighted by Gasteiger charge is -2.28. The minimum atomic E-state index is -0.847. The molecule has 1 atom stereocenters. The van der Waals surface area contributed by atoms with Crippen molar-refractivity contribution in [2.75, 3.05) is 12.0 Å². The van der Waals surface area contributed by atoms with E-state index in [2.05, 4.69) is 0 Å². The Morgan fingerprint density at radius 3 is 2.41 bits per heavy atom. The number of methoxy groups -OCH3 is 1. The van der Waals surface area contributed by atoms with Crippen LogP contribution in [0.1, 0.15) is 22.2 Å². The van der Waals surface area contributed by atoms with E-state index < -0.39 is 23.5 Å². The molecule has 158 valence electrons. The van der Waals surface area contributed by atoms with Crippen LogP contribution >= 0.6 is 0 Å². The third-order valence-corrected chi connectivity index (χ3v) is 5.56. The number of aliphatic hydroxyl groups is 1. The summed E-state index contributed by atoms with van der Waals surface area (Å²) in [6.45, 7) is 0. The van der Waals surface area contributed by atoms with Crippen LogP contribution in [0.15, 0.2) is 101 Å². The average molecular weight is 425 g/mol. The van der Waals surface area contributed by atoms with Gasteiger partial charge in [-0.25, -0.2) is 0 Å². The summed E-state index contributed by atoms with van der Waals surface area (Å²) in [7, 11) is 1.50. The molecule has 0 saturated carbocycles. The molecule has 1 amide bonds. The van der Waals surface area contributed by atoms with Crippen LogP contribution in [0.4, 0.5) is 5.69 Å². The van der Waals surface area contributed by atoms with Gasteiger partial charge in [-0.15, -0.1) is 0 Å². The van der Waals surface area contributed by atoms with Crippen LogP contribution in [0.3, 0.4) is 0 Å². The van der Waals surface area contributed by atoms with E-state index in [-0.39, 0.29) is 11.3 Å². The number of para-hydroxylation sites is 3. The Morgan fingerprint density at radius 1 is 0.969 bits per heavy atom. The number of Topliss-reactive ketones (excluding diaryl/α,β-unsaturated/α-hetero) is 1. The van der Waals surface area contributed by atoms with Gasteiger partial charge in [0.1, 0.15) is 11.3 Å². The number of ether oxygens (including phenoxy) is 1. The maximum Gasteiger partial charge on any atom is 0.294 e. The van der Waals surface area contributed by atoms with Crippen LogP contribution < -0.4 is 9.64 Å². The minimum absolute atomic E-state index is 0.0360. The topological polar surface area (TPSA) is 80.0 Å². The van der Waals surface area contributed by atoms with E-state index in [1.54, 1.807) is 36.4 Å². The molecule has 4 aromatic rings. The van der Waals surface area contributed by atoms with Gasteiger partial charge in [-0.2, -0.15) is 0 Å². The number of furan rings is 1. The number of rotatable bonds is 5. The Bertz CT molecular complexity index is 1340. The zero-order valence-electron chi connectivity index (χ0n) is 17.2. The van der Waals surface area contributed by atoms with E-state index in [1.165, 1.54) is 12.0 Å². The lowest BCUT2D eigenvalue weighted by Crippen LogP contribution is -2.31. The molecule has 0 radical (unpaired) electrons. The number of hydrogen-bond donors (Lipinski definition) is 1. The second-order valence-electron chi connectivity index (χ2n) is 7.40. The Kier molecular flexibility index (Phi) is 4.75. The molecule has 2 heterocycles. The summed E-state index contributed by atoms with van der Waals surface area (Å²) in [4.78, 5) is 28.2. The van der Waals surface area contributed by atoms with Gasteiger partial charge in [0.25, 0.3) is 5.91 Å². The number of carbonyl (C=O) groups is 2. The van der Waals surface area contributed by atoms with Gasteiger partial charge in [0.2, 0.25) is 5.78 Å². The van der Waals surface area contributed by atoms with E-state index in [9.17, 15) is 14.7 Å². The molecular weight excluding hydrogens is 406 g/mol. The summed E-state index contributed by atoms with van der Waals surface area (Å²) >= 11 is 0. The predicted octanol–water partition coefficient (Wildman–Crippen LogP) is 5.22. The summed E-state index contributed by atoms with van der Waals surface area (Å²) in [6.07, 6.45) is 0. The van der Waals surface area contributed by atoms with Gasteiger partial charge in [0.15, 0.2) is 11.5 Å². The highest BCUT2D eigenvalue weighted by Gasteiger charge is 2.46. The summed E-state index contributed by atoms with van der Waals surface area (Å²) in [5.74, 6) is -1.31. The lowest BCUT2D eigenvalue weighted by atomic mass is 9.94. The Morgan fingerprint density at radius 2 is 1.66 bits per heavy atom. The first-order chi connectivity index (χ1) is 15.6. The van der Waals surface area contributed by atoms with Crippen LogP contribution in [0.25, 0.3) is 11.0 Å². The zero-order chi connectivity index (χ0) is 22.2. The molecule has 6 nitrogen and oxygen atoms in total. The number of amides is 1. The summed E-state index contributed by atoms with van der Waals surface area (Å²) < 4.78 is 11.2. The van der Waals surface area contributed by atoms with E-state index in [0.717, 1.165) is 5.39 Å². The molecule has 1 N–H and O–H groups in total. The van der Waals surface area contributed by atoms with E-state index in [4.69, 9.17) is 9.15 Å². The first-order valence-corrected chi connectivity index (χ1v) is 10.1. The molecule has 0 spiro atoms. The first kappa shape index (κ1) is 19.6. The predicted molar refractivity (Wildman–Crippen MR) is 120 cm³/mol. The third kappa shape index (κ3) is 3.04. The molecule has 1 aliphatic rings. The number of fused-ring (bicyclic) bond motifs is 1. The minimum Gasteiger partial charge on any atom is -0.503 e. The summed E-state index contributed by atoms with van der Waals surface area (Å²) in [5.41, 5.74) is 1.65. The average Bonchev–Trinajstić information content (AvgIpc) is 3.38. The number of nitrogens with zero attached hydrogens (tertiary/aromatic N) is 1. The molecule has 6 heteroatoms. The first-order valence-electron chi connectivity index (χ1n) is 10.1. The van der Waals surface area contributed by atoms with Crippen LogP contribution in [0.2, 0.25) is 0 Å². The molecule has 0 saturated heterocycles. The van der Waals surface area contributed by atoms with E-state index in [1.807, 2.05) is 48.5 Å². The molecule has 0 fully saturated rings. The van der Waals surface area contributed by atoms with Gasteiger partial charge < -0.3 is 14.3 Å². The molecule has 1 aliphatic heterocycles. The quantitative estimate of drug-likeness (QED) is 0.443. The Balaban J connectivity index is 1.68. The smallest absolute Gasteiger partial charge is 0.294 e. The molecule has 0 bridgehead atoms. The number of benzene rings is 3. The van der Waals surface area contributed by atoms with Crippen molar-refractivity contribution in [3.63, 3.8) is 0 Å². The Hall–Kier alpha value is -4.32. The molecular formula is C26H19NO5. The fourth-order valence-electron chi connectivity index (χ4n) is 4.09. The number of ketones is 1. The highest BCUT2D eigenvalue weighted by Crippen LogP contribution is 2.44.